The van der Waals surface area contributed by atoms with E-state index in [1.807, 2.05) is 30.5 Å². The van der Waals surface area contributed by atoms with Gasteiger partial charge in [-0.1, -0.05) is 42.5 Å². The van der Waals surface area contributed by atoms with Crippen LogP contribution in [-0.4, -0.2) is 45.8 Å². The highest BCUT2D eigenvalue weighted by Gasteiger charge is 2.81. The zero-order chi connectivity index (χ0) is 26.4. The molecule has 1 aliphatic carbocycles. The fraction of sp³-hybridized carbons (Fsp3) is 0.294. The number of hydrogen-bond donors (Lipinski definition) is 1. The number of aliphatic hydroxyl groups excluding tert-OH is 1. The van der Waals surface area contributed by atoms with Gasteiger partial charge in [-0.15, -0.1) is 6.58 Å². The van der Waals surface area contributed by atoms with Crippen LogP contribution in [0, 0.1) is 17.3 Å². The molecule has 3 aromatic carbocycles. The number of aromatic nitrogens is 2. The third-order valence-corrected chi connectivity index (χ3v) is 10.3. The van der Waals surface area contributed by atoms with E-state index in [9.17, 15) is 5.11 Å². The summed E-state index contributed by atoms with van der Waals surface area (Å²) in [6.07, 6.45) is 4.63. The van der Waals surface area contributed by atoms with Gasteiger partial charge in [-0.25, -0.2) is 4.98 Å². The van der Waals surface area contributed by atoms with Crippen LogP contribution in [0.25, 0.3) is 32.7 Å². The van der Waals surface area contributed by atoms with E-state index in [0.717, 1.165) is 57.4 Å². The van der Waals surface area contributed by atoms with Crippen LogP contribution in [0.3, 0.4) is 0 Å². The van der Waals surface area contributed by atoms with Crippen LogP contribution in [-0.2, 0) is 6.54 Å². The van der Waals surface area contributed by atoms with Crippen LogP contribution in [0.15, 0.2) is 91.6 Å². The SMILES string of the molecule is C=CC12C[N+]3(Cc4c5ccccc5nc5ccccc45)CCC1C2C3C(O)c1ccnc2ccc(OC)cc12. The van der Waals surface area contributed by atoms with Gasteiger partial charge in [0, 0.05) is 45.7 Å². The standard InChI is InChI=1S/C34H32N3O2/c1-3-34-20-37(19-26-22-8-4-6-10-29(22)36-30-11-7-5-9-23(26)30)17-15-27(34)31(34)32(37)33(38)24-14-16-35-28-13-12-21(39-2)18-25(24)28/h3-14,16,18,27,31-33,38H,1,15,17,19-20H2,2H3/q+1. The third kappa shape index (κ3) is 3.09. The van der Waals surface area contributed by atoms with Crippen molar-refractivity contribution < 1.29 is 14.3 Å². The first kappa shape index (κ1) is 23.1. The molecule has 0 amide bonds. The molecular formula is C34H32N3O2+. The van der Waals surface area contributed by atoms with Crippen molar-refractivity contribution in [3.05, 3.63) is 103 Å². The molecule has 2 aromatic heterocycles. The maximum Gasteiger partial charge on any atom is 0.132 e. The number of benzene rings is 3. The third-order valence-electron chi connectivity index (χ3n) is 10.3. The Balaban J connectivity index is 1.30. The monoisotopic (exact) mass is 514 g/mol. The van der Waals surface area contributed by atoms with Gasteiger partial charge in [-0.2, -0.15) is 0 Å². The lowest BCUT2D eigenvalue weighted by Crippen LogP contribution is -2.60. The van der Waals surface area contributed by atoms with Crippen molar-refractivity contribution in [2.75, 3.05) is 20.2 Å². The van der Waals surface area contributed by atoms with Gasteiger partial charge in [0.2, 0.25) is 0 Å². The summed E-state index contributed by atoms with van der Waals surface area (Å²) in [4.78, 5) is 9.58. The minimum Gasteiger partial charge on any atom is -0.497 e. The number of aliphatic hydroxyl groups is 1. The maximum atomic E-state index is 12.3. The number of para-hydroxylation sites is 2. The quantitative estimate of drug-likeness (QED) is 0.167. The van der Waals surface area contributed by atoms with Crippen molar-refractivity contribution in [1.82, 2.24) is 9.97 Å². The number of pyridine rings is 2. The Hall–Kier alpha value is -3.80. The predicted octanol–water partition coefficient (Wildman–Crippen LogP) is 6.20. The number of nitrogens with zero attached hydrogens (tertiary/aromatic N) is 3. The van der Waals surface area contributed by atoms with E-state index in [1.54, 1.807) is 7.11 Å². The first-order chi connectivity index (χ1) is 19.1. The Kier molecular flexibility index (Phi) is 4.80. The minimum absolute atomic E-state index is 0.0873. The van der Waals surface area contributed by atoms with Crippen LogP contribution in [0.5, 0.6) is 5.75 Å². The lowest BCUT2D eigenvalue weighted by molar-refractivity contribution is -0.969. The van der Waals surface area contributed by atoms with Gasteiger partial charge in [0.1, 0.15) is 24.4 Å². The van der Waals surface area contributed by atoms with Gasteiger partial charge >= 0.3 is 0 Å². The van der Waals surface area contributed by atoms with Crippen molar-refractivity contribution in [3.8, 4) is 5.75 Å². The van der Waals surface area contributed by atoms with Gasteiger partial charge in [-0.05, 0) is 47.9 Å². The molecule has 5 heteroatoms. The topological polar surface area (TPSA) is 55.2 Å². The van der Waals surface area contributed by atoms with Crippen LogP contribution < -0.4 is 4.74 Å². The number of rotatable bonds is 6. The summed E-state index contributed by atoms with van der Waals surface area (Å²) in [6, 6.07) is 25.1. The number of fused-ring (bicyclic) bond motifs is 4. The molecule has 5 heterocycles. The van der Waals surface area contributed by atoms with Gasteiger partial charge in [0.15, 0.2) is 0 Å². The molecule has 5 aromatic rings. The Morgan fingerprint density at radius 1 is 1.03 bits per heavy atom. The molecule has 4 bridgehead atoms. The lowest BCUT2D eigenvalue weighted by Gasteiger charge is -2.49. The normalized spacial score (nSPS) is 29.5. The van der Waals surface area contributed by atoms with E-state index in [1.165, 1.54) is 22.8 Å². The van der Waals surface area contributed by atoms with E-state index in [-0.39, 0.29) is 11.5 Å². The lowest BCUT2D eigenvalue weighted by atomic mass is 9.87. The van der Waals surface area contributed by atoms with Crippen molar-refractivity contribution >= 4 is 32.7 Å². The average molecular weight is 515 g/mol. The smallest absolute Gasteiger partial charge is 0.132 e. The summed E-state index contributed by atoms with van der Waals surface area (Å²) in [7, 11) is 1.68. The molecule has 5 nitrogen and oxygen atoms in total. The predicted molar refractivity (Wildman–Crippen MR) is 154 cm³/mol. The highest BCUT2D eigenvalue weighted by atomic mass is 16.5. The molecule has 194 valence electrons. The summed E-state index contributed by atoms with van der Waals surface area (Å²) >= 11 is 0. The molecule has 0 spiro atoms. The van der Waals surface area contributed by atoms with Crippen LogP contribution in [0.2, 0.25) is 0 Å². The average Bonchev–Trinajstić information content (AvgIpc) is 3.55. The molecule has 6 atom stereocenters. The fourth-order valence-electron chi connectivity index (χ4n) is 8.63. The minimum atomic E-state index is -0.612. The molecule has 1 saturated carbocycles. The van der Waals surface area contributed by atoms with Crippen molar-refractivity contribution in [1.29, 1.82) is 0 Å². The van der Waals surface area contributed by atoms with Gasteiger partial charge in [-0.3, -0.25) is 4.98 Å². The molecule has 3 saturated heterocycles. The second kappa shape index (κ2) is 8.10. The van der Waals surface area contributed by atoms with Crippen LogP contribution >= 0.6 is 0 Å². The molecule has 4 fully saturated rings. The molecule has 39 heavy (non-hydrogen) atoms. The number of hydrogen-bond acceptors (Lipinski definition) is 4. The summed E-state index contributed by atoms with van der Waals surface area (Å²) in [5.41, 5.74) is 5.35. The largest absolute Gasteiger partial charge is 0.497 e. The van der Waals surface area contributed by atoms with E-state index >= 15 is 0 Å². The molecule has 3 aliphatic heterocycles. The fourth-order valence-corrected chi connectivity index (χ4v) is 8.63. The summed E-state index contributed by atoms with van der Waals surface area (Å²) < 4.78 is 6.42. The first-order valence-electron chi connectivity index (χ1n) is 13.9. The molecule has 9 rings (SSSR count). The van der Waals surface area contributed by atoms with E-state index < -0.39 is 6.10 Å². The van der Waals surface area contributed by atoms with E-state index in [2.05, 4.69) is 66.2 Å². The second-order valence-corrected chi connectivity index (χ2v) is 11.8. The second-order valence-electron chi connectivity index (χ2n) is 11.8. The molecule has 0 radical (unpaired) electrons. The Morgan fingerprint density at radius 2 is 1.77 bits per heavy atom. The first-order valence-corrected chi connectivity index (χ1v) is 13.9. The summed E-state index contributed by atoms with van der Waals surface area (Å²) in [5.74, 6) is 1.83. The van der Waals surface area contributed by atoms with Crippen molar-refractivity contribution in [2.24, 2.45) is 17.3 Å². The van der Waals surface area contributed by atoms with Gasteiger partial charge in [0.25, 0.3) is 0 Å². The number of piperidine rings is 3. The summed E-state index contributed by atoms with van der Waals surface area (Å²) in [5, 5.41) is 15.7. The number of ether oxygens (including phenoxy) is 1. The molecular weight excluding hydrogens is 482 g/mol. The Morgan fingerprint density at radius 3 is 2.49 bits per heavy atom. The molecule has 1 N–H and O–H groups in total. The van der Waals surface area contributed by atoms with Crippen molar-refractivity contribution in [3.63, 3.8) is 0 Å². The van der Waals surface area contributed by atoms with Crippen LogP contribution in [0.4, 0.5) is 0 Å². The van der Waals surface area contributed by atoms with Gasteiger partial charge in [0.05, 0.1) is 36.7 Å². The summed E-state index contributed by atoms with van der Waals surface area (Å²) in [6.45, 7) is 7.29. The van der Waals surface area contributed by atoms with Crippen molar-refractivity contribution in [2.45, 2.75) is 25.1 Å². The van der Waals surface area contributed by atoms with Gasteiger partial charge < -0.3 is 14.3 Å². The van der Waals surface area contributed by atoms with Crippen LogP contribution in [0.1, 0.15) is 23.7 Å². The van der Waals surface area contributed by atoms with E-state index in [4.69, 9.17) is 9.72 Å². The number of quaternary nitrogens is 1. The zero-order valence-electron chi connectivity index (χ0n) is 22.1. The highest BCUT2D eigenvalue weighted by Crippen LogP contribution is 2.75. The highest BCUT2D eigenvalue weighted by molar-refractivity contribution is 5.97. The maximum absolute atomic E-state index is 12.3. The number of methoxy groups -OCH3 is 1. The Labute approximate surface area is 228 Å². The van der Waals surface area contributed by atoms with E-state index in [0.29, 0.717) is 11.8 Å². The molecule has 4 aliphatic rings. The Bertz CT molecular complexity index is 1750. The molecule has 6 unspecified atom stereocenters. The zero-order valence-corrected chi connectivity index (χ0v) is 22.1.